The molecule has 0 spiro atoms. The van der Waals surface area contributed by atoms with Crippen LogP contribution in [0.4, 0.5) is 16.3 Å². The van der Waals surface area contributed by atoms with Gasteiger partial charge in [0.05, 0.1) is 43.2 Å². The summed E-state index contributed by atoms with van der Waals surface area (Å²) < 4.78 is 31.4. The van der Waals surface area contributed by atoms with Gasteiger partial charge in [0.2, 0.25) is 0 Å². The van der Waals surface area contributed by atoms with E-state index in [1.54, 1.807) is 24.3 Å². The third-order valence-electron chi connectivity index (χ3n) is 7.09. The number of nitrogens with zero attached hydrogens (tertiary/aromatic N) is 4. The van der Waals surface area contributed by atoms with Crippen molar-refractivity contribution in [1.82, 2.24) is 15.3 Å². The molecule has 11 nitrogen and oxygen atoms in total. The number of nitrogens with one attached hydrogen (secondary N) is 2. The van der Waals surface area contributed by atoms with E-state index in [1.807, 2.05) is 19.1 Å². The van der Waals surface area contributed by atoms with E-state index in [0.29, 0.717) is 61.2 Å². The maximum absolute atomic E-state index is 13.5. The van der Waals surface area contributed by atoms with Gasteiger partial charge in [0.15, 0.2) is 15.7 Å². The largest absolute Gasteiger partial charge is 0.396 e. The molecular formula is C26H34N6O5S. The van der Waals surface area contributed by atoms with E-state index in [9.17, 15) is 18.3 Å². The van der Waals surface area contributed by atoms with Gasteiger partial charge in [-0.3, -0.25) is 0 Å². The molecular weight excluding hydrogens is 508 g/mol. The molecule has 2 fully saturated rings. The number of rotatable bonds is 10. The van der Waals surface area contributed by atoms with E-state index in [1.165, 1.54) is 0 Å². The van der Waals surface area contributed by atoms with E-state index >= 15 is 0 Å². The third-order valence-corrected chi connectivity index (χ3v) is 9.73. The smallest absolute Gasteiger partial charge is 0.319 e. The molecule has 38 heavy (non-hydrogen) atoms. The average molecular weight is 543 g/mol. The molecule has 2 aliphatic rings. The number of hydrogen-bond acceptors (Lipinski definition) is 9. The first-order valence-electron chi connectivity index (χ1n) is 12.9. The first-order chi connectivity index (χ1) is 18.3. The summed E-state index contributed by atoms with van der Waals surface area (Å²) in [7, 11) is -3.56. The number of urea groups is 1. The lowest BCUT2D eigenvalue weighted by molar-refractivity contribution is 0.0985. The van der Waals surface area contributed by atoms with Gasteiger partial charge in [0, 0.05) is 37.0 Å². The molecule has 204 valence electrons. The number of aliphatic hydroxyl groups excluding tert-OH is 1. The van der Waals surface area contributed by atoms with Gasteiger partial charge < -0.3 is 25.4 Å². The number of ether oxygens (including phenoxy) is 1. The quantitative estimate of drug-likeness (QED) is 0.384. The van der Waals surface area contributed by atoms with Gasteiger partial charge in [-0.25, -0.2) is 23.2 Å². The first-order valence-corrected chi connectivity index (χ1v) is 14.5. The Morgan fingerprint density at radius 2 is 2.05 bits per heavy atom. The maximum Gasteiger partial charge on any atom is 0.319 e. The predicted octanol–water partition coefficient (Wildman–Crippen LogP) is 2.58. The first kappa shape index (κ1) is 27.8. The lowest BCUT2D eigenvalue weighted by Gasteiger charge is -2.41. The van der Waals surface area contributed by atoms with Gasteiger partial charge >= 0.3 is 6.03 Å². The second-order valence-electron chi connectivity index (χ2n) is 9.66. The average Bonchev–Trinajstić information content (AvgIpc) is 2.87. The van der Waals surface area contributed by atoms with Gasteiger partial charge in [-0.15, -0.1) is 0 Å². The number of carbonyl (C=O) groups excluding carboxylic acids is 1. The van der Waals surface area contributed by atoms with Crippen LogP contribution in [0.25, 0.3) is 11.4 Å². The summed E-state index contributed by atoms with van der Waals surface area (Å²) in [6.07, 6.45) is 2.17. The number of aromatic nitrogens is 2. The van der Waals surface area contributed by atoms with Crippen molar-refractivity contribution in [2.75, 3.05) is 48.9 Å². The molecule has 2 heterocycles. The molecule has 1 aromatic carbocycles. The van der Waals surface area contributed by atoms with E-state index in [0.717, 1.165) is 6.42 Å². The third kappa shape index (κ3) is 5.90. The minimum atomic E-state index is -3.56. The van der Waals surface area contributed by atoms with Crippen molar-refractivity contribution in [3.05, 3.63) is 36.0 Å². The maximum atomic E-state index is 13.5. The summed E-state index contributed by atoms with van der Waals surface area (Å²) in [6, 6.07) is 10.4. The van der Waals surface area contributed by atoms with Crippen LogP contribution in [-0.2, 0) is 19.3 Å². The lowest BCUT2D eigenvalue weighted by Crippen LogP contribution is -2.46. The highest BCUT2D eigenvalue weighted by Crippen LogP contribution is 2.49. The second-order valence-corrected chi connectivity index (χ2v) is 12.1. The van der Waals surface area contributed by atoms with Crippen molar-refractivity contribution in [3.8, 4) is 17.5 Å². The predicted molar refractivity (Wildman–Crippen MR) is 143 cm³/mol. The standard InChI is InChI=1S/C26H34N6O5S/c1-19-18-37-15-13-32(19)23-17-22(26(9-2-10-26)38(35,36)16-4-14-33)30-24(31-23)20-5-7-21(8-6-20)29-25(34)28-12-3-11-27/h5-8,17,19,33H,2-4,9-10,12-16,18H2,1H3,(H2,28,29,34)/t19-/m0/s1. The van der Waals surface area contributed by atoms with Crippen molar-refractivity contribution in [2.45, 2.75) is 49.8 Å². The fraction of sp³-hybridized carbons (Fsp3) is 0.538. The fourth-order valence-electron chi connectivity index (χ4n) is 4.80. The minimum absolute atomic E-state index is 0.0637. The van der Waals surface area contributed by atoms with Crippen LogP contribution >= 0.6 is 0 Å². The molecule has 4 rings (SSSR count). The van der Waals surface area contributed by atoms with E-state index in [-0.39, 0.29) is 37.8 Å². The van der Waals surface area contributed by atoms with Crippen LogP contribution in [0.15, 0.2) is 30.3 Å². The summed E-state index contributed by atoms with van der Waals surface area (Å²) in [5.74, 6) is 0.969. The molecule has 1 aliphatic heterocycles. The fourth-order valence-corrected chi connectivity index (χ4v) is 7.03. The molecule has 1 atom stereocenters. The van der Waals surface area contributed by atoms with Crippen LogP contribution in [0.1, 0.15) is 44.7 Å². The summed E-state index contributed by atoms with van der Waals surface area (Å²) >= 11 is 0. The summed E-state index contributed by atoms with van der Waals surface area (Å²) in [6.45, 7) is 3.84. The van der Waals surface area contributed by atoms with Crippen LogP contribution in [-0.4, -0.2) is 74.2 Å². The second kappa shape index (κ2) is 12.1. The van der Waals surface area contributed by atoms with Crippen LogP contribution in [0, 0.1) is 11.3 Å². The van der Waals surface area contributed by atoms with Gasteiger partial charge in [0.25, 0.3) is 0 Å². The van der Waals surface area contributed by atoms with E-state index < -0.39 is 20.6 Å². The van der Waals surface area contributed by atoms with Crippen molar-refractivity contribution in [3.63, 3.8) is 0 Å². The Morgan fingerprint density at radius 3 is 2.68 bits per heavy atom. The Bertz CT molecular complexity index is 1270. The molecule has 2 aromatic rings. The Morgan fingerprint density at radius 1 is 1.29 bits per heavy atom. The molecule has 1 aromatic heterocycles. The monoisotopic (exact) mass is 542 g/mol. The van der Waals surface area contributed by atoms with Crippen LogP contribution < -0.4 is 15.5 Å². The summed E-state index contributed by atoms with van der Waals surface area (Å²) in [5, 5.41) is 23.2. The Balaban J connectivity index is 1.69. The zero-order valence-electron chi connectivity index (χ0n) is 21.5. The lowest BCUT2D eigenvalue weighted by atomic mass is 9.81. The number of sulfone groups is 1. The van der Waals surface area contributed by atoms with E-state index in [2.05, 4.69) is 15.5 Å². The number of benzene rings is 1. The molecule has 0 unspecified atom stereocenters. The van der Waals surface area contributed by atoms with Crippen LogP contribution in [0.3, 0.4) is 0 Å². The number of carbonyl (C=O) groups is 1. The number of aliphatic hydroxyl groups is 1. The normalized spacial score (nSPS) is 18.8. The van der Waals surface area contributed by atoms with E-state index in [4.69, 9.17) is 20.0 Å². The Hall–Kier alpha value is -3.27. The molecule has 1 saturated heterocycles. The van der Waals surface area contributed by atoms with Crippen LogP contribution in [0.2, 0.25) is 0 Å². The minimum Gasteiger partial charge on any atom is -0.396 e. The number of anilines is 2. The highest BCUT2D eigenvalue weighted by Gasteiger charge is 2.51. The Labute approximate surface area is 223 Å². The van der Waals surface area contributed by atoms with Crippen LogP contribution in [0.5, 0.6) is 0 Å². The molecule has 3 N–H and O–H groups in total. The van der Waals surface area contributed by atoms with Crippen molar-refractivity contribution in [2.24, 2.45) is 0 Å². The van der Waals surface area contributed by atoms with Crippen molar-refractivity contribution < 1.29 is 23.1 Å². The van der Waals surface area contributed by atoms with Crippen molar-refractivity contribution >= 4 is 27.4 Å². The zero-order chi connectivity index (χ0) is 27.2. The molecule has 1 aliphatic carbocycles. The summed E-state index contributed by atoms with van der Waals surface area (Å²) in [4.78, 5) is 23.7. The van der Waals surface area contributed by atoms with Gasteiger partial charge in [-0.05, 0) is 56.9 Å². The summed E-state index contributed by atoms with van der Waals surface area (Å²) in [5.41, 5.74) is 1.73. The molecule has 0 radical (unpaired) electrons. The zero-order valence-corrected chi connectivity index (χ0v) is 22.3. The highest BCUT2D eigenvalue weighted by molar-refractivity contribution is 7.92. The molecule has 12 heteroatoms. The van der Waals surface area contributed by atoms with Gasteiger partial charge in [0.1, 0.15) is 10.6 Å². The highest BCUT2D eigenvalue weighted by atomic mass is 32.2. The molecule has 2 amide bonds. The van der Waals surface area contributed by atoms with Gasteiger partial charge in [-0.2, -0.15) is 5.26 Å². The number of amides is 2. The van der Waals surface area contributed by atoms with Gasteiger partial charge in [-0.1, -0.05) is 0 Å². The molecule has 1 saturated carbocycles. The number of hydrogen-bond donors (Lipinski definition) is 3. The molecule has 0 bridgehead atoms. The Kier molecular flexibility index (Phi) is 8.81. The number of morpholine rings is 1. The SMILES string of the molecule is C[C@H]1COCCN1c1cc(C2(S(=O)(=O)CCCO)CCC2)nc(-c2ccc(NC(=O)NCCC#N)cc2)n1. The topological polar surface area (TPSA) is 158 Å². The number of nitriles is 1. The van der Waals surface area contributed by atoms with Crippen molar-refractivity contribution in [1.29, 1.82) is 5.26 Å².